The number of allylic oxidation sites excluding steroid dienone is 4. The first kappa shape index (κ1) is 27.0. The molecule has 34 heavy (non-hydrogen) atoms. The van der Waals surface area contributed by atoms with Crippen LogP contribution in [0.2, 0.25) is 0 Å². The van der Waals surface area contributed by atoms with Crippen LogP contribution in [0.3, 0.4) is 0 Å². The number of esters is 1. The second kappa shape index (κ2) is 14.8. The van der Waals surface area contributed by atoms with E-state index in [1.54, 1.807) is 11.8 Å². The topological polar surface area (TPSA) is 44.8 Å². The summed E-state index contributed by atoms with van der Waals surface area (Å²) in [5, 5.41) is 0. The van der Waals surface area contributed by atoms with Gasteiger partial charge in [0.1, 0.15) is 4.75 Å². The van der Waals surface area contributed by atoms with Crippen LogP contribution >= 0.6 is 11.8 Å². The predicted octanol–water partition coefficient (Wildman–Crippen LogP) is 7.63. The minimum atomic E-state index is -0.443. The zero-order valence-electron chi connectivity index (χ0n) is 21.1. The zero-order valence-corrected chi connectivity index (χ0v) is 21.9. The van der Waals surface area contributed by atoms with Gasteiger partial charge in [0.25, 0.3) is 0 Å². The number of carbonyl (C=O) groups excluding carboxylic acids is 1. The normalized spacial score (nSPS) is 23.8. The van der Waals surface area contributed by atoms with E-state index in [1.807, 2.05) is 18.2 Å². The smallest absolute Gasteiger partial charge is 0.322 e. The van der Waals surface area contributed by atoms with Crippen LogP contribution in [-0.4, -0.2) is 36.8 Å². The summed E-state index contributed by atoms with van der Waals surface area (Å²) in [4.78, 5) is 13.7. The predicted molar refractivity (Wildman–Crippen MR) is 140 cm³/mol. The summed E-state index contributed by atoms with van der Waals surface area (Å²) in [6, 6.07) is 10.2. The van der Waals surface area contributed by atoms with Gasteiger partial charge in [-0.15, -0.1) is 11.8 Å². The van der Waals surface area contributed by atoms with Crippen LogP contribution in [-0.2, 0) is 19.0 Å². The van der Waals surface area contributed by atoms with E-state index < -0.39 is 4.75 Å². The Hall–Kier alpha value is -1.56. The summed E-state index contributed by atoms with van der Waals surface area (Å²) in [6.07, 6.45) is 16.2. The molecule has 2 fully saturated rings. The number of benzene rings is 1. The molecule has 0 amide bonds. The highest BCUT2D eigenvalue weighted by Gasteiger charge is 2.44. The number of unbranched alkanes of at least 4 members (excludes halogenated alkanes) is 1. The van der Waals surface area contributed by atoms with Crippen molar-refractivity contribution in [3.05, 3.63) is 53.6 Å². The molecule has 2 aliphatic heterocycles. The van der Waals surface area contributed by atoms with E-state index >= 15 is 0 Å². The Bertz CT molecular complexity index is 798. The molecule has 0 spiro atoms. The van der Waals surface area contributed by atoms with Crippen molar-refractivity contribution in [3.63, 3.8) is 0 Å². The molecular formula is C29H42O4S. The van der Waals surface area contributed by atoms with E-state index in [1.165, 1.54) is 30.4 Å². The fourth-order valence-corrected chi connectivity index (χ4v) is 5.78. The van der Waals surface area contributed by atoms with Crippen LogP contribution in [0.25, 0.3) is 0 Å². The van der Waals surface area contributed by atoms with Crippen LogP contribution < -0.4 is 0 Å². The molecule has 0 radical (unpaired) electrons. The number of ether oxygens (including phenoxy) is 3. The Morgan fingerprint density at radius 2 is 1.85 bits per heavy atom. The Morgan fingerprint density at radius 1 is 1.06 bits per heavy atom. The molecule has 2 aliphatic rings. The van der Waals surface area contributed by atoms with Gasteiger partial charge in [-0.1, -0.05) is 41.5 Å². The highest BCUT2D eigenvalue weighted by Crippen LogP contribution is 2.43. The summed E-state index contributed by atoms with van der Waals surface area (Å²) in [5.41, 5.74) is 2.87. The molecule has 0 aliphatic carbocycles. The van der Waals surface area contributed by atoms with Crippen LogP contribution in [0.5, 0.6) is 0 Å². The van der Waals surface area contributed by atoms with Crippen LogP contribution in [0.4, 0.5) is 0 Å². The van der Waals surface area contributed by atoms with E-state index in [0.717, 1.165) is 69.5 Å². The number of hydrogen-bond acceptors (Lipinski definition) is 5. The molecule has 2 saturated heterocycles. The molecule has 0 bridgehead atoms. The van der Waals surface area contributed by atoms with Gasteiger partial charge in [0.05, 0.1) is 6.61 Å². The largest absolute Gasteiger partial charge is 0.465 e. The number of rotatable bonds is 14. The summed E-state index contributed by atoms with van der Waals surface area (Å²) >= 11 is 1.67. The van der Waals surface area contributed by atoms with E-state index in [-0.39, 0.29) is 12.3 Å². The van der Waals surface area contributed by atoms with E-state index in [0.29, 0.717) is 6.61 Å². The molecule has 5 heteroatoms. The molecule has 1 aromatic carbocycles. The van der Waals surface area contributed by atoms with E-state index in [2.05, 4.69) is 38.1 Å². The van der Waals surface area contributed by atoms with Crippen molar-refractivity contribution in [2.24, 2.45) is 0 Å². The zero-order chi connectivity index (χ0) is 24.1. The Labute approximate surface area is 210 Å². The number of hydrogen-bond donors (Lipinski definition) is 0. The molecule has 4 nitrogen and oxygen atoms in total. The molecule has 0 aromatic heterocycles. The van der Waals surface area contributed by atoms with Gasteiger partial charge in [0.2, 0.25) is 0 Å². The van der Waals surface area contributed by atoms with Crippen LogP contribution in [0.15, 0.2) is 58.5 Å². The minimum absolute atomic E-state index is 0.0336. The van der Waals surface area contributed by atoms with Crippen molar-refractivity contribution in [2.45, 2.75) is 100 Å². The lowest BCUT2D eigenvalue weighted by Gasteiger charge is -2.23. The average molecular weight is 487 g/mol. The van der Waals surface area contributed by atoms with Crippen LogP contribution in [0, 0.1) is 0 Å². The van der Waals surface area contributed by atoms with Crippen molar-refractivity contribution < 1.29 is 19.0 Å². The van der Waals surface area contributed by atoms with Crippen molar-refractivity contribution in [1.82, 2.24) is 0 Å². The van der Waals surface area contributed by atoms with Gasteiger partial charge in [-0.25, -0.2) is 0 Å². The van der Waals surface area contributed by atoms with E-state index in [9.17, 15) is 4.79 Å². The SMILES string of the molecule is C/C(=C\CCC1(Sc2ccccc2)CCOC1=O)CC/C=C(\C)CCCCOC1CCCCO1. The lowest BCUT2D eigenvalue weighted by Crippen LogP contribution is -2.30. The minimum Gasteiger partial charge on any atom is -0.465 e. The first-order chi connectivity index (χ1) is 16.6. The Balaban J connectivity index is 1.32. The number of cyclic esters (lactones) is 1. The fraction of sp³-hybridized carbons (Fsp3) is 0.621. The van der Waals surface area contributed by atoms with Gasteiger partial charge in [0.15, 0.2) is 6.29 Å². The monoisotopic (exact) mass is 486 g/mol. The van der Waals surface area contributed by atoms with E-state index in [4.69, 9.17) is 14.2 Å². The molecule has 3 rings (SSSR count). The molecule has 2 unspecified atom stereocenters. The highest BCUT2D eigenvalue weighted by molar-refractivity contribution is 8.01. The van der Waals surface area contributed by atoms with Crippen molar-refractivity contribution in [2.75, 3.05) is 19.8 Å². The third-order valence-electron chi connectivity index (χ3n) is 6.65. The Morgan fingerprint density at radius 3 is 2.59 bits per heavy atom. The van der Waals surface area contributed by atoms with Gasteiger partial charge in [-0.05, 0) is 90.2 Å². The lowest BCUT2D eigenvalue weighted by atomic mass is 9.99. The molecule has 188 valence electrons. The standard InChI is InChI=1S/C29H42O4S/c1-24(12-6-8-21-31-27-18-7-9-22-32-27)13-10-14-25(2)15-11-19-29(20-23-33-28(29)30)34-26-16-4-3-5-17-26/h3-5,13,15-17,27H,6-12,14,18-23H2,1-2H3/b24-13+,25-15+. The maximum atomic E-state index is 12.5. The molecule has 1 aromatic rings. The summed E-state index contributed by atoms with van der Waals surface area (Å²) in [7, 11) is 0. The number of thioether (sulfide) groups is 1. The van der Waals surface area contributed by atoms with Crippen molar-refractivity contribution in [3.8, 4) is 0 Å². The lowest BCUT2D eigenvalue weighted by molar-refractivity contribution is -0.162. The summed E-state index contributed by atoms with van der Waals surface area (Å²) in [5.74, 6) is -0.0531. The van der Waals surface area contributed by atoms with Crippen molar-refractivity contribution >= 4 is 17.7 Å². The summed E-state index contributed by atoms with van der Waals surface area (Å²) < 4.78 is 16.4. The number of carbonyl (C=O) groups is 1. The summed E-state index contributed by atoms with van der Waals surface area (Å²) in [6.45, 7) is 6.63. The third-order valence-corrected chi connectivity index (χ3v) is 8.12. The highest BCUT2D eigenvalue weighted by atomic mass is 32.2. The molecule has 2 heterocycles. The molecule has 0 saturated carbocycles. The second-order valence-corrected chi connectivity index (χ2v) is 11.1. The molecule has 0 N–H and O–H groups in total. The first-order valence-electron chi connectivity index (χ1n) is 13.0. The molecule has 2 atom stereocenters. The van der Waals surface area contributed by atoms with Crippen LogP contribution in [0.1, 0.15) is 84.5 Å². The average Bonchev–Trinajstić information content (AvgIpc) is 3.19. The first-order valence-corrected chi connectivity index (χ1v) is 13.8. The quantitative estimate of drug-likeness (QED) is 0.154. The maximum Gasteiger partial charge on any atom is 0.322 e. The van der Waals surface area contributed by atoms with Gasteiger partial charge in [0, 0.05) is 24.5 Å². The van der Waals surface area contributed by atoms with Gasteiger partial charge in [-0.3, -0.25) is 4.79 Å². The fourth-order valence-electron chi connectivity index (χ4n) is 4.49. The van der Waals surface area contributed by atoms with Gasteiger partial charge in [-0.2, -0.15) is 0 Å². The Kier molecular flexibility index (Phi) is 11.7. The second-order valence-electron chi connectivity index (χ2n) is 9.60. The maximum absolute atomic E-state index is 12.5. The van der Waals surface area contributed by atoms with Gasteiger partial charge >= 0.3 is 5.97 Å². The van der Waals surface area contributed by atoms with Gasteiger partial charge < -0.3 is 14.2 Å². The molecular weight excluding hydrogens is 444 g/mol. The van der Waals surface area contributed by atoms with Crippen molar-refractivity contribution in [1.29, 1.82) is 0 Å². The third kappa shape index (κ3) is 9.24.